The van der Waals surface area contributed by atoms with Crippen molar-refractivity contribution in [3.8, 4) is 0 Å². The molecule has 0 atom stereocenters. The Morgan fingerprint density at radius 1 is 1.62 bits per heavy atom. The molecule has 1 rings (SSSR count). The Kier molecular flexibility index (Phi) is 3.48. The summed E-state index contributed by atoms with van der Waals surface area (Å²) in [6.45, 7) is 0. The molecule has 0 fully saturated rings. The molecule has 0 unspecified atom stereocenters. The molecule has 0 saturated heterocycles. The third-order valence-corrected chi connectivity index (χ3v) is 2.43. The van der Waals surface area contributed by atoms with Gasteiger partial charge in [0, 0.05) is 0 Å². The molecule has 0 aliphatic carbocycles. The van der Waals surface area contributed by atoms with Crippen molar-refractivity contribution in [1.82, 2.24) is 4.98 Å². The summed E-state index contributed by atoms with van der Waals surface area (Å²) in [4.78, 5) is 23.0. The van der Waals surface area contributed by atoms with E-state index >= 15 is 0 Å². The number of carboxylic acid groups (broad SMARTS) is 1. The molecule has 1 aromatic rings. The van der Waals surface area contributed by atoms with Gasteiger partial charge in [-0.05, 0) is 25.8 Å². The monoisotopic (exact) mass is 296 g/mol. The van der Waals surface area contributed by atoms with Gasteiger partial charge < -0.3 is 15.2 Å². The highest BCUT2D eigenvalue weighted by Crippen LogP contribution is 2.31. The van der Waals surface area contributed by atoms with Gasteiger partial charge >= 0.3 is 18.2 Å². The second kappa shape index (κ2) is 4.47. The third kappa shape index (κ3) is 2.30. The largest absolute Gasteiger partial charge is 0.478 e. The van der Waals surface area contributed by atoms with Crippen LogP contribution in [-0.4, -0.2) is 21.0 Å². The molecule has 0 spiro atoms. The van der Waals surface area contributed by atoms with E-state index in [1.54, 1.807) is 0 Å². The first-order chi connectivity index (χ1) is 7.34. The van der Waals surface area contributed by atoms with Gasteiger partial charge in [-0.1, -0.05) is 0 Å². The van der Waals surface area contributed by atoms with Gasteiger partial charge in [-0.15, -0.1) is 0 Å². The average Bonchev–Trinajstić information content (AvgIpc) is 2.16. The fourth-order valence-electron chi connectivity index (χ4n) is 0.929. The van der Waals surface area contributed by atoms with Crippen molar-refractivity contribution in [2.75, 3.05) is 0 Å². The maximum atomic E-state index is 12.4. The SMILES string of the molecule is O=C(O)c1cc([N+](=O)[O-])nc(C(F)F)c1Br. The molecule has 0 bridgehead atoms. The minimum absolute atomic E-state index is 0.458. The highest BCUT2D eigenvalue weighted by atomic mass is 79.9. The molecule has 1 heterocycles. The molecule has 0 amide bonds. The first-order valence-corrected chi connectivity index (χ1v) is 4.50. The first-order valence-electron chi connectivity index (χ1n) is 3.71. The van der Waals surface area contributed by atoms with Gasteiger partial charge in [-0.3, -0.25) is 0 Å². The second-order valence-electron chi connectivity index (χ2n) is 2.59. The lowest BCUT2D eigenvalue weighted by Crippen LogP contribution is -2.06. The Hall–Kier alpha value is -1.64. The average molecular weight is 297 g/mol. The van der Waals surface area contributed by atoms with Crippen LogP contribution in [-0.2, 0) is 0 Å². The van der Waals surface area contributed by atoms with E-state index in [4.69, 9.17) is 5.11 Å². The number of nitrogens with zero attached hydrogens (tertiary/aromatic N) is 2. The van der Waals surface area contributed by atoms with Crippen LogP contribution in [0.2, 0.25) is 0 Å². The maximum Gasteiger partial charge on any atom is 0.364 e. The predicted molar refractivity (Wildman–Crippen MR) is 50.5 cm³/mol. The Morgan fingerprint density at radius 2 is 2.19 bits per heavy atom. The van der Waals surface area contributed by atoms with E-state index < -0.39 is 38.9 Å². The summed E-state index contributed by atoms with van der Waals surface area (Å²) < 4.78 is 24.4. The fourth-order valence-corrected chi connectivity index (χ4v) is 1.47. The Bertz CT molecular complexity index is 466. The van der Waals surface area contributed by atoms with E-state index in [1.807, 2.05) is 0 Å². The summed E-state index contributed by atoms with van der Waals surface area (Å²) in [5, 5.41) is 19.0. The lowest BCUT2D eigenvalue weighted by molar-refractivity contribution is -0.389. The molecule has 1 N–H and O–H groups in total. The number of aromatic nitrogens is 1. The number of pyridine rings is 1. The summed E-state index contributed by atoms with van der Waals surface area (Å²) >= 11 is 2.62. The van der Waals surface area contributed by atoms with Crippen LogP contribution in [0, 0.1) is 10.1 Å². The van der Waals surface area contributed by atoms with E-state index in [2.05, 4.69) is 20.9 Å². The van der Waals surface area contributed by atoms with Gasteiger partial charge in [0.2, 0.25) is 5.69 Å². The van der Waals surface area contributed by atoms with E-state index in [9.17, 15) is 23.7 Å². The molecule has 16 heavy (non-hydrogen) atoms. The molecule has 0 aliphatic heterocycles. The Balaban J connectivity index is 3.51. The van der Waals surface area contributed by atoms with Gasteiger partial charge in [-0.2, -0.15) is 0 Å². The second-order valence-corrected chi connectivity index (χ2v) is 3.38. The zero-order chi connectivity index (χ0) is 12.5. The highest BCUT2D eigenvalue weighted by molar-refractivity contribution is 9.10. The van der Waals surface area contributed by atoms with Crippen molar-refractivity contribution in [2.45, 2.75) is 6.43 Å². The van der Waals surface area contributed by atoms with Crippen LogP contribution in [0.4, 0.5) is 14.6 Å². The Labute approximate surface area is 95.2 Å². The topological polar surface area (TPSA) is 93.3 Å². The number of aromatic carboxylic acids is 1. The van der Waals surface area contributed by atoms with Crippen molar-refractivity contribution >= 4 is 27.7 Å². The van der Waals surface area contributed by atoms with Crippen molar-refractivity contribution in [3.05, 3.63) is 31.9 Å². The molecule has 9 heteroatoms. The van der Waals surface area contributed by atoms with Crippen LogP contribution in [0.25, 0.3) is 0 Å². The van der Waals surface area contributed by atoms with Crippen LogP contribution in [0.1, 0.15) is 22.5 Å². The molecule has 0 radical (unpaired) electrons. The van der Waals surface area contributed by atoms with E-state index in [1.165, 1.54) is 0 Å². The number of nitro groups is 1. The zero-order valence-corrected chi connectivity index (χ0v) is 8.94. The summed E-state index contributed by atoms with van der Waals surface area (Å²) in [6, 6.07) is 0.609. The zero-order valence-electron chi connectivity index (χ0n) is 7.35. The van der Waals surface area contributed by atoms with Gasteiger partial charge in [0.1, 0.15) is 0 Å². The summed E-state index contributed by atoms with van der Waals surface area (Å²) in [6.07, 6.45) is -3.10. The van der Waals surface area contributed by atoms with Gasteiger partial charge in [0.15, 0.2) is 0 Å². The maximum absolute atomic E-state index is 12.4. The van der Waals surface area contributed by atoms with Gasteiger partial charge in [-0.25, -0.2) is 13.6 Å². The van der Waals surface area contributed by atoms with Gasteiger partial charge in [0.25, 0.3) is 0 Å². The normalized spacial score (nSPS) is 10.5. The number of hydrogen-bond acceptors (Lipinski definition) is 4. The minimum Gasteiger partial charge on any atom is -0.478 e. The van der Waals surface area contributed by atoms with Gasteiger partial charge in [0.05, 0.1) is 16.1 Å². The molecule has 86 valence electrons. The van der Waals surface area contributed by atoms with E-state index in [-0.39, 0.29) is 0 Å². The lowest BCUT2D eigenvalue weighted by atomic mass is 10.2. The predicted octanol–water partition coefficient (Wildman–Crippen LogP) is 2.39. The highest BCUT2D eigenvalue weighted by Gasteiger charge is 2.28. The molecule has 0 saturated carbocycles. The fraction of sp³-hybridized carbons (Fsp3) is 0.143. The number of alkyl halides is 2. The standard InChI is InChI=1S/C7H3BrF2N2O4/c8-4-2(7(13)14)1-3(12(15)16)11-5(4)6(9)10/h1,6H,(H,13,14). The summed E-state index contributed by atoms with van der Waals surface area (Å²) in [5.41, 5.74) is -1.59. The van der Waals surface area contributed by atoms with Crippen molar-refractivity contribution in [1.29, 1.82) is 0 Å². The third-order valence-electron chi connectivity index (χ3n) is 1.59. The molecular formula is C7H3BrF2N2O4. The van der Waals surface area contributed by atoms with Crippen molar-refractivity contribution < 1.29 is 23.6 Å². The molecule has 0 aliphatic rings. The smallest absolute Gasteiger partial charge is 0.364 e. The molecular weight excluding hydrogens is 294 g/mol. The molecule has 6 nitrogen and oxygen atoms in total. The number of carboxylic acids is 1. The van der Waals surface area contributed by atoms with Crippen molar-refractivity contribution in [3.63, 3.8) is 0 Å². The van der Waals surface area contributed by atoms with E-state index in [0.717, 1.165) is 0 Å². The summed E-state index contributed by atoms with van der Waals surface area (Å²) in [7, 11) is 0. The molecule has 1 aromatic heterocycles. The van der Waals surface area contributed by atoms with E-state index in [0.29, 0.717) is 6.07 Å². The van der Waals surface area contributed by atoms with Crippen LogP contribution in [0.15, 0.2) is 10.5 Å². The Morgan fingerprint density at radius 3 is 2.56 bits per heavy atom. The number of rotatable bonds is 3. The van der Waals surface area contributed by atoms with Crippen LogP contribution in [0.5, 0.6) is 0 Å². The number of halogens is 3. The van der Waals surface area contributed by atoms with Crippen LogP contribution >= 0.6 is 15.9 Å². The quantitative estimate of drug-likeness (QED) is 0.683. The number of hydrogen-bond donors (Lipinski definition) is 1. The first kappa shape index (κ1) is 12.4. The van der Waals surface area contributed by atoms with Crippen LogP contribution < -0.4 is 0 Å². The lowest BCUT2D eigenvalue weighted by Gasteiger charge is -2.02. The van der Waals surface area contributed by atoms with Crippen LogP contribution in [0.3, 0.4) is 0 Å². The molecule has 0 aromatic carbocycles. The number of carbonyl (C=O) groups is 1. The van der Waals surface area contributed by atoms with Crippen molar-refractivity contribution in [2.24, 2.45) is 0 Å². The minimum atomic E-state index is -3.10. The summed E-state index contributed by atoms with van der Waals surface area (Å²) in [5.74, 6) is -2.49.